The Balaban J connectivity index is 1.41. The average molecular weight is 480 g/mol. The Kier molecular flexibility index (Phi) is 6.95. The molecule has 1 aliphatic heterocycles. The highest BCUT2D eigenvalue weighted by Crippen LogP contribution is 2.30. The van der Waals surface area contributed by atoms with E-state index in [1.54, 1.807) is 29.2 Å². The molecule has 0 radical (unpaired) electrons. The van der Waals surface area contributed by atoms with Crippen molar-refractivity contribution in [3.63, 3.8) is 0 Å². The normalized spacial score (nSPS) is 20.7. The highest BCUT2D eigenvalue weighted by atomic mass is 32.2. The number of esters is 1. The fourth-order valence-electron chi connectivity index (χ4n) is 4.55. The van der Waals surface area contributed by atoms with Crippen LogP contribution < -0.4 is 0 Å². The number of sulfone groups is 1. The predicted octanol–water partition coefficient (Wildman–Crippen LogP) is 4.06. The third-order valence-electron chi connectivity index (χ3n) is 6.12. The van der Waals surface area contributed by atoms with Gasteiger partial charge in [0.1, 0.15) is 10.7 Å². The molecule has 9 heteroatoms. The second kappa shape index (κ2) is 9.70. The van der Waals surface area contributed by atoms with Crippen LogP contribution in [-0.2, 0) is 19.4 Å². The minimum atomic E-state index is -3.14. The van der Waals surface area contributed by atoms with Gasteiger partial charge in [0.25, 0.3) is 5.91 Å². The van der Waals surface area contributed by atoms with E-state index in [0.29, 0.717) is 11.3 Å². The lowest BCUT2D eigenvalue weighted by Gasteiger charge is -2.38. The third kappa shape index (κ3) is 5.38. The Labute approximate surface area is 191 Å². The van der Waals surface area contributed by atoms with Crippen LogP contribution in [-0.4, -0.2) is 55.4 Å². The summed E-state index contributed by atoms with van der Waals surface area (Å²) in [5, 5.41) is 0. The van der Waals surface area contributed by atoms with Crippen LogP contribution >= 0.6 is 11.3 Å². The molecule has 1 atom stereocenters. The summed E-state index contributed by atoms with van der Waals surface area (Å²) >= 11 is 1.21. The molecule has 4 rings (SSSR count). The van der Waals surface area contributed by atoms with E-state index in [4.69, 9.17) is 4.74 Å². The summed E-state index contributed by atoms with van der Waals surface area (Å²) < 4.78 is 42.4. The number of amides is 1. The number of carbonyl (C=O) groups is 2. The molecular weight excluding hydrogens is 453 g/mol. The van der Waals surface area contributed by atoms with Crippen molar-refractivity contribution in [3.8, 4) is 10.4 Å². The quantitative estimate of drug-likeness (QED) is 0.584. The number of thiophene rings is 1. The van der Waals surface area contributed by atoms with Gasteiger partial charge in [-0.1, -0.05) is 31.4 Å². The molecule has 0 N–H and O–H groups in total. The van der Waals surface area contributed by atoms with Crippen molar-refractivity contribution >= 4 is 33.1 Å². The van der Waals surface area contributed by atoms with Crippen LogP contribution in [0.25, 0.3) is 10.4 Å². The van der Waals surface area contributed by atoms with E-state index in [9.17, 15) is 22.4 Å². The molecule has 2 heterocycles. The van der Waals surface area contributed by atoms with Crippen LogP contribution in [0.5, 0.6) is 0 Å². The van der Waals surface area contributed by atoms with E-state index >= 15 is 0 Å². The topological polar surface area (TPSA) is 80.8 Å². The summed E-state index contributed by atoms with van der Waals surface area (Å²) in [6.07, 6.45) is 5.27. The number of rotatable bonds is 6. The van der Waals surface area contributed by atoms with E-state index < -0.39 is 22.4 Å². The zero-order valence-corrected chi connectivity index (χ0v) is 19.3. The monoisotopic (exact) mass is 479 g/mol. The summed E-state index contributed by atoms with van der Waals surface area (Å²) in [7, 11) is -3.14. The van der Waals surface area contributed by atoms with Crippen molar-refractivity contribution in [2.24, 2.45) is 0 Å². The number of nitrogens with zero attached hydrogens (tertiary/aromatic N) is 1. The largest absolute Gasteiger partial charge is 0.451 e. The first-order chi connectivity index (χ1) is 15.3. The van der Waals surface area contributed by atoms with Crippen molar-refractivity contribution in [2.75, 3.05) is 18.1 Å². The first-order valence-corrected chi connectivity index (χ1v) is 13.5. The SMILES string of the molecule is O=C(OCC(=O)N(C1CCCCC1)C1CCS(=O)(=O)C1)c1ccc(-c2ccc(F)cc2)s1. The van der Waals surface area contributed by atoms with Crippen molar-refractivity contribution in [2.45, 2.75) is 50.6 Å². The Morgan fingerprint density at radius 3 is 2.38 bits per heavy atom. The number of benzene rings is 1. The lowest BCUT2D eigenvalue weighted by Crippen LogP contribution is -2.50. The highest BCUT2D eigenvalue weighted by Gasteiger charge is 2.38. The van der Waals surface area contributed by atoms with E-state index in [1.807, 2.05) is 0 Å². The Morgan fingerprint density at radius 2 is 1.72 bits per heavy atom. The van der Waals surface area contributed by atoms with E-state index in [-0.39, 0.29) is 35.3 Å². The average Bonchev–Trinajstić information content (AvgIpc) is 3.40. The molecule has 1 aromatic heterocycles. The minimum Gasteiger partial charge on any atom is -0.451 e. The number of hydrogen-bond donors (Lipinski definition) is 0. The maximum Gasteiger partial charge on any atom is 0.348 e. The maximum absolute atomic E-state index is 13.1. The third-order valence-corrected chi connectivity index (χ3v) is 8.99. The van der Waals surface area contributed by atoms with Crippen molar-refractivity contribution in [3.05, 3.63) is 47.1 Å². The fraction of sp³-hybridized carbons (Fsp3) is 0.478. The van der Waals surface area contributed by atoms with Gasteiger partial charge >= 0.3 is 5.97 Å². The smallest absolute Gasteiger partial charge is 0.348 e. The van der Waals surface area contributed by atoms with Crippen molar-refractivity contribution < 1.29 is 27.1 Å². The second-order valence-corrected chi connectivity index (χ2v) is 11.7. The predicted molar refractivity (Wildman–Crippen MR) is 121 cm³/mol. The molecule has 2 aliphatic rings. The van der Waals surface area contributed by atoms with Gasteiger partial charge in [-0.15, -0.1) is 11.3 Å². The van der Waals surface area contributed by atoms with Crippen LogP contribution in [0, 0.1) is 5.82 Å². The zero-order valence-electron chi connectivity index (χ0n) is 17.7. The summed E-state index contributed by atoms with van der Waals surface area (Å²) in [6.45, 7) is -0.407. The molecule has 1 unspecified atom stereocenters. The molecule has 1 saturated carbocycles. The van der Waals surface area contributed by atoms with Gasteiger partial charge in [0.2, 0.25) is 0 Å². The second-order valence-electron chi connectivity index (χ2n) is 8.40. The molecular formula is C23H26FNO5S2. The summed E-state index contributed by atoms with van der Waals surface area (Å²) in [6, 6.07) is 9.02. The molecule has 32 heavy (non-hydrogen) atoms. The molecule has 0 spiro atoms. The van der Waals surface area contributed by atoms with E-state index in [1.165, 1.54) is 23.5 Å². The maximum atomic E-state index is 13.1. The van der Waals surface area contributed by atoms with E-state index in [0.717, 1.165) is 42.5 Å². The fourth-order valence-corrected chi connectivity index (χ4v) is 7.17. The standard InChI is InChI=1S/C23H26FNO5S2/c24-17-8-6-16(7-9-17)20-10-11-21(31-20)23(27)30-14-22(26)25(18-4-2-1-3-5-18)19-12-13-32(28,29)15-19/h6-11,18-19H,1-5,12-15H2. The van der Waals surface area contributed by atoms with Crippen LogP contribution in [0.4, 0.5) is 4.39 Å². The highest BCUT2D eigenvalue weighted by molar-refractivity contribution is 7.91. The number of carbonyl (C=O) groups excluding carboxylic acids is 2. The van der Waals surface area contributed by atoms with Gasteiger partial charge in [-0.2, -0.15) is 0 Å². The van der Waals surface area contributed by atoms with Gasteiger partial charge in [-0.3, -0.25) is 4.79 Å². The minimum absolute atomic E-state index is 0.0000635. The Hall–Kier alpha value is -2.26. The lowest BCUT2D eigenvalue weighted by atomic mass is 9.93. The van der Waals surface area contributed by atoms with Crippen molar-refractivity contribution in [1.29, 1.82) is 0 Å². The Morgan fingerprint density at radius 1 is 1.00 bits per heavy atom. The van der Waals surface area contributed by atoms with Crippen LogP contribution in [0.3, 0.4) is 0 Å². The first-order valence-electron chi connectivity index (χ1n) is 10.9. The van der Waals surface area contributed by atoms with E-state index in [2.05, 4.69) is 0 Å². The zero-order chi connectivity index (χ0) is 22.7. The molecule has 2 fully saturated rings. The molecule has 2 aromatic rings. The molecule has 6 nitrogen and oxygen atoms in total. The van der Waals surface area contributed by atoms with Gasteiger partial charge in [0, 0.05) is 17.0 Å². The summed E-state index contributed by atoms with van der Waals surface area (Å²) in [5.41, 5.74) is 0.789. The van der Waals surface area contributed by atoms with Gasteiger partial charge in [0.15, 0.2) is 16.4 Å². The Bertz CT molecular complexity index is 1070. The van der Waals surface area contributed by atoms with Crippen LogP contribution in [0.1, 0.15) is 48.2 Å². The van der Waals surface area contributed by atoms with Crippen LogP contribution in [0.2, 0.25) is 0 Å². The molecule has 1 aromatic carbocycles. The summed E-state index contributed by atoms with van der Waals surface area (Å²) in [5.74, 6) is -1.19. The van der Waals surface area contributed by atoms with Gasteiger partial charge in [0.05, 0.1) is 11.5 Å². The molecule has 1 aliphatic carbocycles. The molecule has 1 saturated heterocycles. The number of halogens is 1. The van der Waals surface area contributed by atoms with Gasteiger partial charge in [-0.25, -0.2) is 17.6 Å². The van der Waals surface area contributed by atoms with Crippen molar-refractivity contribution in [1.82, 2.24) is 4.90 Å². The molecule has 172 valence electrons. The molecule has 0 bridgehead atoms. The van der Waals surface area contributed by atoms with Gasteiger partial charge < -0.3 is 9.64 Å². The number of ether oxygens (including phenoxy) is 1. The lowest BCUT2D eigenvalue weighted by molar-refractivity contribution is -0.139. The number of hydrogen-bond acceptors (Lipinski definition) is 6. The van der Waals surface area contributed by atoms with Crippen LogP contribution in [0.15, 0.2) is 36.4 Å². The first kappa shape index (κ1) is 22.9. The van der Waals surface area contributed by atoms with Gasteiger partial charge in [-0.05, 0) is 49.1 Å². The molecule has 1 amide bonds. The summed E-state index contributed by atoms with van der Waals surface area (Å²) in [4.78, 5) is 28.4.